The lowest BCUT2D eigenvalue weighted by molar-refractivity contribution is 0.619. The van der Waals surface area contributed by atoms with E-state index in [0.29, 0.717) is 5.56 Å². The van der Waals surface area contributed by atoms with E-state index >= 15 is 0 Å². The Bertz CT molecular complexity index is 500. The van der Waals surface area contributed by atoms with Crippen LogP contribution in [-0.4, -0.2) is 0 Å². The van der Waals surface area contributed by atoms with E-state index in [1.54, 1.807) is 13.0 Å². The van der Waals surface area contributed by atoms with E-state index in [0.717, 1.165) is 22.6 Å². The summed E-state index contributed by atoms with van der Waals surface area (Å²) in [5, 5.41) is 3.12. The molecule has 2 rings (SSSR count). The third kappa shape index (κ3) is 2.56. The van der Waals surface area contributed by atoms with Gasteiger partial charge < -0.3 is 11.1 Å². The molecule has 2 aromatic rings. The molecule has 0 aliphatic heterocycles. The molecule has 0 aliphatic rings. The average molecular weight is 230 g/mol. The summed E-state index contributed by atoms with van der Waals surface area (Å²) < 4.78 is 13.4. The number of aryl methyl sites for hydroxylation is 2. The van der Waals surface area contributed by atoms with Crippen molar-refractivity contribution in [2.24, 2.45) is 0 Å². The van der Waals surface area contributed by atoms with E-state index in [-0.39, 0.29) is 5.82 Å². The molecule has 0 spiro atoms. The fourth-order valence-corrected chi connectivity index (χ4v) is 1.56. The summed E-state index contributed by atoms with van der Waals surface area (Å²) in [6.07, 6.45) is 0. The van der Waals surface area contributed by atoms with E-state index < -0.39 is 0 Å². The maximum atomic E-state index is 13.4. The molecule has 0 aromatic heterocycles. The highest BCUT2D eigenvalue weighted by Gasteiger charge is 2.01. The first kappa shape index (κ1) is 11.5. The molecule has 3 heteroatoms. The summed E-state index contributed by atoms with van der Waals surface area (Å²) in [4.78, 5) is 0. The van der Waals surface area contributed by atoms with E-state index in [9.17, 15) is 4.39 Å². The summed E-state index contributed by atoms with van der Waals surface area (Å²) in [7, 11) is 0. The minimum absolute atomic E-state index is 0.213. The average Bonchev–Trinajstić information content (AvgIpc) is 2.29. The van der Waals surface area contributed by atoms with Gasteiger partial charge in [0.2, 0.25) is 0 Å². The lowest BCUT2D eigenvalue weighted by Gasteiger charge is -2.09. The molecule has 0 amide bonds. The van der Waals surface area contributed by atoms with Crippen molar-refractivity contribution < 1.29 is 4.39 Å². The topological polar surface area (TPSA) is 38.0 Å². The van der Waals surface area contributed by atoms with Crippen molar-refractivity contribution in [1.82, 2.24) is 0 Å². The van der Waals surface area contributed by atoms with Crippen molar-refractivity contribution in [2.45, 2.75) is 13.8 Å². The number of benzene rings is 2. The predicted molar refractivity (Wildman–Crippen MR) is 70.0 cm³/mol. The van der Waals surface area contributed by atoms with Gasteiger partial charge in [0.1, 0.15) is 5.82 Å². The first-order valence-electron chi connectivity index (χ1n) is 5.45. The van der Waals surface area contributed by atoms with E-state index in [1.807, 2.05) is 31.2 Å². The van der Waals surface area contributed by atoms with Gasteiger partial charge in [-0.05, 0) is 49.2 Å². The van der Waals surface area contributed by atoms with Gasteiger partial charge in [-0.3, -0.25) is 0 Å². The van der Waals surface area contributed by atoms with Crippen LogP contribution in [0.15, 0.2) is 36.4 Å². The van der Waals surface area contributed by atoms with Crippen molar-refractivity contribution in [3.63, 3.8) is 0 Å². The minimum atomic E-state index is -0.213. The zero-order valence-electron chi connectivity index (χ0n) is 9.92. The number of nitrogens with two attached hydrogens (primary N) is 1. The van der Waals surface area contributed by atoms with Crippen LogP contribution in [0.2, 0.25) is 0 Å². The lowest BCUT2D eigenvalue weighted by Crippen LogP contribution is -1.95. The normalized spacial score (nSPS) is 10.3. The van der Waals surface area contributed by atoms with Gasteiger partial charge in [-0.15, -0.1) is 0 Å². The molecule has 17 heavy (non-hydrogen) atoms. The zero-order valence-corrected chi connectivity index (χ0v) is 9.92. The highest BCUT2D eigenvalue weighted by Crippen LogP contribution is 2.22. The molecule has 0 aliphatic carbocycles. The first-order chi connectivity index (χ1) is 8.06. The Hall–Kier alpha value is -2.03. The minimum Gasteiger partial charge on any atom is -0.398 e. The predicted octanol–water partition coefficient (Wildman–Crippen LogP) is 3.77. The molecular formula is C14H15FN2. The third-order valence-corrected chi connectivity index (χ3v) is 2.74. The molecule has 88 valence electrons. The molecule has 0 bridgehead atoms. The Kier molecular flexibility index (Phi) is 3.00. The number of rotatable bonds is 2. The van der Waals surface area contributed by atoms with Crippen LogP contribution in [0, 0.1) is 19.7 Å². The lowest BCUT2D eigenvalue weighted by atomic mass is 10.1. The molecule has 2 nitrogen and oxygen atoms in total. The van der Waals surface area contributed by atoms with Gasteiger partial charge >= 0.3 is 0 Å². The molecule has 3 N–H and O–H groups in total. The number of hydrogen-bond acceptors (Lipinski definition) is 2. The summed E-state index contributed by atoms with van der Waals surface area (Å²) in [5.74, 6) is -0.213. The largest absolute Gasteiger partial charge is 0.398 e. The van der Waals surface area contributed by atoms with Crippen molar-refractivity contribution >= 4 is 17.1 Å². The van der Waals surface area contributed by atoms with E-state index in [4.69, 9.17) is 5.73 Å². The Balaban J connectivity index is 2.25. The summed E-state index contributed by atoms with van der Waals surface area (Å²) in [6.45, 7) is 3.69. The standard InChI is InChI=1S/C14H15FN2/c1-9-3-5-11(7-13(9)15)17-12-6-4-10(2)14(16)8-12/h3-8,17H,16H2,1-2H3. The monoisotopic (exact) mass is 230 g/mol. The molecule has 2 aromatic carbocycles. The Morgan fingerprint density at radius 1 is 0.941 bits per heavy atom. The quantitative estimate of drug-likeness (QED) is 0.771. The molecule has 0 heterocycles. The van der Waals surface area contributed by atoms with Crippen LogP contribution in [0.25, 0.3) is 0 Å². The number of hydrogen-bond donors (Lipinski definition) is 2. The van der Waals surface area contributed by atoms with Gasteiger partial charge in [0, 0.05) is 17.1 Å². The fourth-order valence-electron chi connectivity index (χ4n) is 1.56. The highest BCUT2D eigenvalue weighted by molar-refractivity contribution is 5.65. The highest BCUT2D eigenvalue weighted by atomic mass is 19.1. The van der Waals surface area contributed by atoms with Gasteiger partial charge in [0.25, 0.3) is 0 Å². The maximum Gasteiger partial charge on any atom is 0.128 e. The number of anilines is 3. The Morgan fingerprint density at radius 2 is 1.53 bits per heavy atom. The van der Waals surface area contributed by atoms with Gasteiger partial charge in [0.15, 0.2) is 0 Å². The van der Waals surface area contributed by atoms with E-state index in [1.165, 1.54) is 6.07 Å². The molecule has 0 saturated heterocycles. The van der Waals surface area contributed by atoms with Crippen molar-refractivity contribution in [3.05, 3.63) is 53.3 Å². The second-order valence-corrected chi connectivity index (χ2v) is 4.16. The number of halogens is 1. The third-order valence-electron chi connectivity index (χ3n) is 2.74. The zero-order chi connectivity index (χ0) is 12.4. The molecular weight excluding hydrogens is 215 g/mol. The van der Waals surface area contributed by atoms with Gasteiger partial charge in [-0.2, -0.15) is 0 Å². The Morgan fingerprint density at radius 3 is 2.12 bits per heavy atom. The van der Waals surface area contributed by atoms with Crippen LogP contribution >= 0.6 is 0 Å². The molecule has 0 unspecified atom stereocenters. The van der Waals surface area contributed by atoms with Crippen LogP contribution in [-0.2, 0) is 0 Å². The van der Waals surface area contributed by atoms with Crippen LogP contribution in [0.5, 0.6) is 0 Å². The van der Waals surface area contributed by atoms with Crippen LogP contribution in [0.4, 0.5) is 21.5 Å². The molecule has 0 atom stereocenters. The second kappa shape index (κ2) is 4.45. The van der Waals surface area contributed by atoms with Gasteiger partial charge in [-0.1, -0.05) is 12.1 Å². The smallest absolute Gasteiger partial charge is 0.128 e. The van der Waals surface area contributed by atoms with Crippen molar-refractivity contribution in [1.29, 1.82) is 0 Å². The second-order valence-electron chi connectivity index (χ2n) is 4.16. The Labute approximate surface area is 100 Å². The van der Waals surface area contributed by atoms with Crippen LogP contribution < -0.4 is 11.1 Å². The summed E-state index contributed by atoms with van der Waals surface area (Å²) in [5.41, 5.74) is 9.79. The van der Waals surface area contributed by atoms with Crippen LogP contribution in [0.1, 0.15) is 11.1 Å². The summed E-state index contributed by atoms with van der Waals surface area (Å²) >= 11 is 0. The SMILES string of the molecule is Cc1ccc(Nc2ccc(C)c(F)c2)cc1N. The summed E-state index contributed by atoms with van der Waals surface area (Å²) in [6, 6.07) is 10.8. The fraction of sp³-hybridized carbons (Fsp3) is 0.143. The van der Waals surface area contributed by atoms with Gasteiger partial charge in [0.05, 0.1) is 0 Å². The number of nitrogen functional groups attached to an aromatic ring is 1. The molecule has 0 radical (unpaired) electrons. The molecule has 0 fully saturated rings. The van der Waals surface area contributed by atoms with Crippen molar-refractivity contribution in [3.8, 4) is 0 Å². The molecule has 0 saturated carbocycles. The van der Waals surface area contributed by atoms with E-state index in [2.05, 4.69) is 5.32 Å². The maximum absolute atomic E-state index is 13.4. The first-order valence-corrected chi connectivity index (χ1v) is 5.45. The van der Waals surface area contributed by atoms with Crippen molar-refractivity contribution in [2.75, 3.05) is 11.1 Å². The number of nitrogens with one attached hydrogen (secondary N) is 1. The van der Waals surface area contributed by atoms with Gasteiger partial charge in [-0.25, -0.2) is 4.39 Å². The van der Waals surface area contributed by atoms with Crippen LogP contribution in [0.3, 0.4) is 0 Å².